The summed E-state index contributed by atoms with van der Waals surface area (Å²) < 4.78 is 1.46. The van der Waals surface area contributed by atoms with E-state index in [2.05, 4.69) is 83.2 Å². The van der Waals surface area contributed by atoms with Crippen LogP contribution in [0.2, 0.25) is 0 Å². The second-order valence-corrected chi connectivity index (χ2v) is 7.62. The molecule has 2 aliphatic carbocycles. The van der Waals surface area contributed by atoms with E-state index in [9.17, 15) is 0 Å². The van der Waals surface area contributed by atoms with E-state index in [-0.39, 0.29) is 24.8 Å². The smallest absolute Gasteiger partial charge is 0.147 e. The topological polar surface area (TPSA) is 0 Å². The summed E-state index contributed by atoms with van der Waals surface area (Å²) in [6, 6.07) is 10.5. The van der Waals surface area contributed by atoms with Crippen LogP contribution in [0.15, 0.2) is 64.8 Å². The Morgan fingerprint density at radius 3 is 1.36 bits per heavy atom. The maximum atomic E-state index is 3.19. The van der Waals surface area contributed by atoms with E-state index >= 15 is 0 Å². The number of halogens is 2. The Labute approximate surface area is 181 Å². The van der Waals surface area contributed by atoms with Crippen molar-refractivity contribution < 1.29 is 24.2 Å². The first-order chi connectivity index (χ1) is 10.9. The van der Waals surface area contributed by atoms with Gasteiger partial charge in [0.1, 0.15) is 0 Å². The molecule has 1 aromatic carbocycles. The fourth-order valence-electron chi connectivity index (χ4n) is 1.99. The molecule has 0 saturated carbocycles. The molecule has 134 valence electrons. The van der Waals surface area contributed by atoms with Crippen LogP contribution in [0.3, 0.4) is 0 Å². The molecule has 0 N–H and O–H groups in total. The molecule has 0 amide bonds. The van der Waals surface area contributed by atoms with Crippen LogP contribution >= 0.6 is 24.8 Å². The van der Waals surface area contributed by atoms with Gasteiger partial charge in [-0.05, 0) is 0 Å². The van der Waals surface area contributed by atoms with Gasteiger partial charge in [-0.2, -0.15) is 12.2 Å². The third-order valence-electron chi connectivity index (χ3n) is 3.94. The zero-order valence-corrected chi connectivity index (χ0v) is 19.9. The van der Waals surface area contributed by atoms with E-state index in [1.807, 2.05) is 6.07 Å². The average molecular weight is 455 g/mol. The summed E-state index contributed by atoms with van der Waals surface area (Å²) in [6.07, 6.45) is 12.8. The quantitative estimate of drug-likeness (QED) is 0.410. The first-order valence-electron chi connectivity index (χ1n) is 8.01. The van der Waals surface area contributed by atoms with Gasteiger partial charge in [-0.1, -0.05) is 13.8 Å². The third kappa shape index (κ3) is 11.0. The number of allylic oxidation sites excluding steroid dienone is 8. The van der Waals surface area contributed by atoms with Gasteiger partial charge < -0.3 is 0 Å². The molecule has 3 heteroatoms. The molecule has 1 aromatic rings. The van der Waals surface area contributed by atoms with E-state index in [1.54, 1.807) is 0 Å². The Kier molecular flexibility index (Phi) is 15.7. The van der Waals surface area contributed by atoms with Crippen molar-refractivity contribution in [1.82, 2.24) is 0 Å². The van der Waals surface area contributed by atoms with Gasteiger partial charge in [-0.25, -0.2) is 22.3 Å². The minimum absolute atomic E-state index is 0. The van der Waals surface area contributed by atoms with Crippen LogP contribution in [0.1, 0.15) is 53.0 Å². The summed E-state index contributed by atoms with van der Waals surface area (Å²) in [6.45, 7) is 10.6. The van der Waals surface area contributed by atoms with Crippen LogP contribution in [0, 0.1) is 12.2 Å². The second-order valence-electron chi connectivity index (χ2n) is 5.78. The maximum absolute atomic E-state index is 3.19. The van der Waals surface area contributed by atoms with Crippen LogP contribution < -0.4 is 0 Å². The molecular formula is C22H28Cl2Zr. The van der Waals surface area contributed by atoms with Crippen molar-refractivity contribution in [2.45, 2.75) is 47.5 Å². The van der Waals surface area contributed by atoms with Crippen molar-refractivity contribution in [3.05, 3.63) is 82.5 Å². The van der Waals surface area contributed by atoms with E-state index < -0.39 is 0 Å². The van der Waals surface area contributed by atoms with Gasteiger partial charge >= 0.3 is 70.3 Å². The third-order valence-corrected chi connectivity index (χ3v) is 4.65. The van der Waals surface area contributed by atoms with Gasteiger partial charge in [0.25, 0.3) is 0 Å². The van der Waals surface area contributed by atoms with Crippen molar-refractivity contribution >= 4 is 28.0 Å². The Morgan fingerprint density at radius 1 is 0.800 bits per heavy atom. The maximum Gasteiger partial charge on any atom is -0.147 e. The van der Waals surface area contributed by atoms with Gasteiger partial charge in [0.15, 0.2) is 0 Å². The van der Waals surface area contributed by atoms with Crippen molar-refractivity contribution in [2.24, 2.45) is 0 Å². The summed E-state index contributed by atoms with van der Waals surface area (Å²) in [5.74, 6) is 0. The molecule has 0 nitrogen and oxygen atoms in total. The molecule has 2 aliphatic rings. The molecule has 0 fully saturated rings. The van der Waals surface area contributed by atoms with Crippen molar-refractivity contribution in [2.75, 3.05) is 0 Å². The summed E-state index contributed by atoms with van der Waals surface area (Å²) in [5.41, 5.74) is 6.79. The first kappa shape index (κ1) is 26.7. The molecule has 0 unspecified atom stereocenters. The predicted molar refractivity (Wildman–Crippen MR) is 112 cm³/mol. The zero-order chi connectivity index (χ0) is 17.2. The Morgan fingerprint density at radius 2 is 1.20 bits per heavy atom. The first-order valence-corrected chi connectivity index (χ1v) is 9.24. The van der Waals surface area contributed by atoms with E-state index in [4.69, 9.17) is 0 Å². The van der Waals surface area contributed by atoms with Crippen molar-refractivity contribution in [3.63, 3.8) is 0 Å². The molecule has 0 bridgehead atoms. The normalized spacial score (nSPS) is 14.0. The summed E-state index contributed by atoms with van der Waals surface area (Å²) in [7, 11) is 0. The van der Waals surface area contributed by atoms with Gasteiger partial charge in [0.2, 0.25) is 0 Å². The van der Waals surface area contributed by atoms with E-state index in [0.29, 0.717) is 0 Å². The van der Waals surface area contributed by atoms with E-state index in [0.717, 1.165) is 12.8 Å². The predicted octanol–water partition coefficient (Wildman–Crippen LogP) is 6.79. The molecule has 25 heavy (non-hydrogen) atoms. The Balaban J connectivity index is 0. The van der Waals surface area contributed by atoms with Gasteiger partial charge in [0, 0.05) is 0 Å². The molecule has 0 radical (unpaired) electrons. The number of hydrogen-bond acceptors (Lipinski definition) is 0. The summed E-state index contributed by atoms with van der Waals surface area (Å²) in [5, 5.41) is 0. The molecule has 0 aromatic heterocycles. The zero-order valence-electron chi connectivity index (χ0n) is 15.8. The summed E-state index contributed by atoms with van der Waals surface area (Å²) in [4.78, 5) is 0. The molecule has 0 saturated heterocycles. The number of hydrogen-bond donors (Lipinski definition) is 0. The van der Waals surface area contributed by atoms with E-state index in [1.165, 1.54) is 55.3 Å². The molecular weight excluding hydrogens is 426 g/mol. The van der Waals surface area contributed by atoms with Crippen LogP contribution in [-0.4, -0.2) is 3.21 Å². The van der Waals surface area contributed by atoms with Crippen molar-refractivity contribution in [3.8, 4) is 0 Å². The van der Waals surface area contributed by atoms with Crippen LogP contribution in [0.25, 0.3) is 0 Å². The molecule has 0 atom stereocenters. The standard InChI is InChI=1S/C8H8.2C7H9.2ClH.Zr/c1-2-8-6-4-3-5-7-8;2*1-6-4-3-5-7(6)2;;;/h3-7H,1H3;2*4H,3H2,1-2H3;2*1H;/q;2*-1;;;+2. The van der Waals surface area contributed by atoms with Crippen LogP contribution in [0.5, 0.6) is 0 Å². The molecule has 3 rings (SSSR count). The monoisotopic (exact) mass is 452 g/mol. The van der Waals surface area contributed by atoms with Gasteiger partial charge in [-0.3, -0.25) is 12.2 Å². The molecule has 0 aliphatic heterocycles. The minimum Gasteiger partial charge on any atom is -0.147 e. The largest absolute Gasteiger partial charge is 0.147 e. The number of benzene rings is 1. The Bertz CT molecular complexity index is 584. The van der Waals surface area contributed by atoms with Gasteiger partial charge in [-0.15, -0.1) is 51.5 Å². The van der Waals surface area contributed by atoms with Crippen LogP contribution in [-0.2, 0) is 24.2 Å². The fourth-order valence-corrected chi connectivity index (χ4v) is 2.40. The summed E-state index contributed by atoms with van der Waals surface area (Å²) >= 11 is 1.51. The fraction of sp³-hybridized carbons (Fsp3) is 0.318. The molecule has 0 heterocycles. The van der Waals surface area contributed by atoms with Crippen molar-refractivity contribution in [1.29, 1.82) is 0 Å². The average Bonchev–Trinajstić information content (AvgIpc) is 3.10. The molecule has 0 spiro atoms. The van der Waals surface area contributed by atoms with Crippen LogP contribution in [0.4, 0.5) is 0 Å². The van der Waals surface area contributed by atoms with Gasteiger partial charge in [0.05, 0.1) is 0 Å². The number of rotatable bonds is 1. The minimum atomic E-state index is 0. The second kappa shape index (κ2) is 14.7. The SMILES string of the molecule is CC1=[C-]CC=C1C.CC1=[C-]CC=C1C.C[C](=[Zr+2])c1ccccc1.Cl.Cl. The Hall–Kier alpha value is -0.487.